The van der Waals surface area contributed by atoms with E-state index in [0.29, 0.717) is 5.75 Å². The average molecular weight is 346 g/mol. The predicted molar refractivity (Wildman–Crippen MR) is 103 cm³/mol. The van der Waals surface area contributed by atoms with Gasteiger partial charge in [0.2, 0.25) is 0 Å². The highest BCUT2D eigenvalue weighted by molar-refractivity contribution is 5.75. The number of carbonyl (C=O) groups excluding carboxylic acids is 1. The molecular formula is C22H35NO2. The van der Waals surface area contributed by atoms with Crippen LogP contribution in [0.1, 0.15) is 90.2 Å². The highest BCUT2D eigenvalue weighted by atomic mass is 16.5. The van der Waals surface area contributed by atoms with Gasteiger partial charge >= 0.3 is 5.97 Å². The summed E-state index contributed by atoms with van der Waals surface area (Å²) in [6.07, 6.45) is 15.9. The zero-order chi connectivity index (χ0) is 17.9. The summed E-state index contributed by atoms with van der Waals surface area (Å²) in [6, 6.07) is 3.89. The van der Waals surface area contributed by atoms with Crippen molar-refractivity contribution in [1.82, 2.24) is 4.98 Å². The topological polar surface area (TPSA) is 39.2 Å². The minimum Gasteiger partial charge on any atom is -0.425 e. The number of aryl methyl sites for hydroxylation is 1. The van der Waals surface area contributed by atoms with Gasteiger partial charge in [0.15, 0.2) is 0 Å². The van der Waals surface area contributed by atoms with Gasteiger partial charge in [-0.15, -0.1) is 0 Å². The fourth-order valence-electron chi connectivity index (χ4n) is 3.73. The number of nitrogens with zero attached hydrogens (tertiary/aromatic N) is 1. The van der Waals surface area contributed by atoms with E-state index in [2.05, 4.69) is 18.8 Å². The largest absolute Gasteiger partial charge is 0.425 e. The van der Waals surface area contributed by atoms with Gasteiger partial charge in [-0.3, -0.25) is 9.78 Å². The van der Waals surface area contributed by atoms with E-state index >= 15 is 0 Å². The molecule has 25 heavy (non-hydrogen) atoms. The molecule has 1 aliphatic carbocycles. The molecule has 0 aliphatic heterocycles. The molecule has 0 atom stereocenters. The van der Waals surface area contributed by atoms with E-state index in [0.717, 1.165) is 30.9 Å². The van der Waals surface area contributed by atoms with Gasteiger partial charge in [0.05, 0.1) is 12.1 Å². The van der Waals surface area contributed by atoms with Gasteiger partial charge in [0.25, 0.3) is 0 Å². The molecule has 3 heteroatoms. The quantitative estimate of drug-likeness (QED) is 0.379. The molecule has 0 bridgehead atoms. The maximum absolute atomic E-state index is 12.4. The van der Waals surface area contributed by atoms with E-state index in [1.54, 1.807) is 6.20 Å². The second-order valence-corrected chi connectivity index (χ2v) is 7.58. The van der Waals surface area contributed by atoms with Crippen molar-refractivity contribution in [2.24, 2.45) is 11.8 Å². The van der Waals surface area contributed by atoms with Crippen molar-refractivity contribution in [2.45, 2.75) is 90.9 Å². The van der Waals surface area contributed by atoms with E-state index in [-0.39, 0.29) is 11.9 Å². The third-order valence-electron chi connectivity index (χ3n) is 5.45. The first-order valence-corrected chi connectivity index (χ1v) is 10.4. The van der Waals surface area contributed by atoms with Gasteiger partial charge in [0.1, 0.15) is 5.75 Å². The van der Waals surface area contributed by atoms with Gasteiger partial charge in [0, 0.05) is 5.69 Å². The number of pyridine rings is 1. The molecule has 0 amide bonds. The minimum atomic E-state index is -0.0635. The Hall–Kier alpha value is -1.38. The van der Waals surface area contributed by atoms with Crippen LogP contribution in [0.2, 0.25) is 0 Å². The Labute approximate surface area is 153 Å². The first-order valence-electron chi connectivity index (χ1n) is 10.4. The molecule has 1 aliphatic rings. The lowest BCUT2D eigenvalue weighted by atomic mass is 9.80. The molecule has 0 unspecified atom stereocenters. The van der Waals surface area contributed by atoms with E-state index in [1.807, 2.05) is 12.1 Å². The zero-order valence-electron chi connectivity index (χ0n) is 16.1. The molecule has 140 valence electrons. The first-order chi connectivity index (χ1) is 12.2. The van der Waals surface area contributed by atoms with Crippen molar-refractivity contribution in [3.63, 3.8) is 0 Å². The summed E-state index contributed by atoms with van der Waals surface area (Å²) in [7, 11) is 0. The number of hydrogen-bond donors (Lipinski definition) is 0. The highest BCUT2D eigenvalue weighted by Gasteiger charge is 2.27. The van der Waals surface area contributed by atoms with Crippen molar-refractivity contribution >= 4 is 5.97 Å². The van der Waals surface area contributed by atoms with Gasteiger partial charge in [-0.2, -0.15) is 0 Å². The van der Waals surface area contributed by atoms with Gasteiger partial charge < -0.3 is 4.74 Å². The van der Waals surface area contributed by atoms with Crippen LogP contribution in [0.3, 0.4) is 0 Å². The lowest BCUT2D eigenvalue weighted by Gasteiger charge is -2.27. The summed E-state index contributed by atoms with van der Waals surface area (Å²) in [4.78, 5) is 16.8. The second-order valence-electron chi connectivity index (χ2n) is 7.58. The molecule has 0 radical (unpaired) electrons. The van der Waals surface area contributed by atoms with E-state index in [9.17, 15) is 4.79 Å². The van der Waals surface area contributed by atoms with E-state index in [1.165, 1.54) is 57.8 Å². The highest BCUT2D eigenvalue weighted by Crippen LogP contribution is 2.32. The number of esters is 1. The second kappa shape index (κ2) is 11.3. The predicted octanol–water partition coefficient (Wildman–Crippen LogP) is 6.11. The standard InChI is InChI=1S/C22H35NO2/c1-3-5-7-8-10-20-15-16-21(17-23-20)25-22(24)19-13-11-18(12-14-19)9-6-4-2/h15-19H,3-14H2,1-2H3/t18-,19-. The Kier molecular flexibility index (Phi) is 8.99. The van der Waals surface area contributed by atoms with Crippen molar-refractivity contribution in [1.29, 1.82) is 0 Å². The summed E-state index contributed by atoms with van der Waals surface area (Å²) in [5.41, 5.74) is 1.09. The Morgan fingerprint density at radius 3 is 2.44 bits per heavy atom. The summed E-state index contributed by atoms with van der Waals surface area (Å²) >= 11 is 0. The summed E-state index contributed by atoms with van der Waals surface area (Å²) in [5.74, 6) is 1.42. The molecule has 1 aromatic rings. The zero-order valence-corrected chi connectivity index (χ0v) is 16.1. The van der Waals surface area contributed by atoms with Crippen molar-refractivity contribution < 1.29 is 9.53 Å². The average Bonchev–Trinajstić information content (AvgIpc) is 2.65. The number of aromatic nitrogens is 1. The Bertz CT molecular complexity index is 489. The Morgan fingerprint density at radius 1 is 1.04 bits per heavy atom. The minimum absolute atomic E-state index is 0.0635. The molecule has 2 rings (SSSR count). The third-order valence-corrected chi connectivity index (χ3v) is 5.45. The fraction of sp³-hybridized carbons (Fsp3) is 0.727. The van der Waals surface area contributed by atoms with Crippen LogP contribution >= 0.6 is 0 Å². The van der Waals surface area contributed by atoms with Gasteiger partial charge in [-0.1, -0.05) is 52.4 Å². The molecule has 1 fully saturated rings. The van der Waals surface area contributed by atoms with Crippen LogP contribution in [0.5, 0.6) is 5.75 Å². The molecule has 0 aromatic carbocycles. The lowest BCUT2D eigenvalue weighted by molar-refractivity contribution is -0.140. The number of rotatable bonds is 10. The van der Waals surface area contributed by atoms with E-state index in [4.69, 9.17) is 4.74 Å². The third kappa shape index (κ3) is 7.17. The number of ether oxygens (including phenoxy) is 1. The Morgan fingerprint density at radius 2 is 1.80 bits per heavy atom. The van der Waals surface area contributed by atoms with Crippen LogP contribution in [-0.2, 0) is 11.2 Å². The summed E-state index contributed by atoms with van der Waals surface area (Å²) in [6.45, 7) is 4.46. The number of unbranched alkanes of at least 4 members (excludes halogenated alkanes) is 4. The smallest absolute Gasteiger partial charge is 0.314 e. The van der Waals surface area contributed by atoms with Crippen LogP contribution in [0.4, 0.5) is 0 Å². The molecule has 1 heterocycles. The summed E-state index contributed by atoms with van der Waals surface area (Å²) < 4.78 is 5.57. The molecule has 0 spiro atoms. The molecule has 0 N–H and O–H groups in total. The number of hydrogen-bond acceptors (Lipinski definition) is 3. The van der Waals surface area contributed by atoms with Crippen molar-refractivity contribution in [3.05, 3.63) is 24.0 Å². The maximum Gasteiger partial charge on any atom is 0.314 e. The Balaban J connectivity index is 1.71. The molecule has 1 saturated carbocycles. The van der Waals surface area contributed by atoms with Crippen LogP contribution < -0.4 is 4.74 Å². The maximum atomic E-state index is 12.4. The van der Waals surface area contributed by atoms with Crippen molar-refractivity contribution in [2.75, 3.05) is 0 Å². The monoisotopic (exact) mass is 345 g/mol. The van der Waals surface area contributed by atoms with Gasteiger partial charge in [-0.25, -0.2) is 0 Å². The number of carbonyl (C=O) groups is 1. The summed E-state index contributed by atoms with van der Waals surface area (Å²) in [5, 5.41) is 0. The molecule has 1 aromatic heterocycles. The van der Waals surface area contributed by atoms with E-state index < -0.39 is 0 Å². The molecule has 0 saturated heterocycles. The van der Waals surface area contributed by atoms with Crippen LogP contribution in [0, 0.1) is 11.8 Å². The van der Waals surface area contributed by atoms with Gasteiger partial charge in [-0.05, 0) is 56.6 Å². The molecule has 3 nitrogen and oxygen atoms in total. The van der Waals surface area contributed by atoms with Crippen LogP contribution in [-0.4, -0.2) is 11.0 Å². The molecular weight excluding hydrogens is 310 g/mol. The SMILES string of the molecule is CCCCCCc1ccc(OC(=O)[C@H]2CC[C@H](CCCC)CC2)cn1. The first kappa shape index (κ1) is 19.9. The normalized spacial score (nSPS) is 20.4. The van der Waals surface area contributed by atoms with Crippen molar-refractivity contribution in [3.8, 4) is 5.75 Å². The van der Waals surface area contributed by atoms with Crippen LogP contribution in [0.25, 0.3) is 0 Å². The fourth-order valence-corrected chi connectivity index (χ4v) is 3.73. The lowest BCUT2D eigenvalue weighted by Crippen LogP contribution is -2.25. The van der Waals surface area contributed by atoms with Crippen LogP contribution in [0.15, 0.2) is 18.3 Å².